The Morgan fingerprint density at radius 1 is 1.20 bits per heavy atom. The van der Waals surface area contributed by atoms with Crippen LogP contribution < -0.4 is 10.6 Å². The predicted molar refractivity (Wildman–Crippen MR) is 103 cm³/mol. The van der Waals surface area contributed by atoms with Crippen molar-refractivity contribution in [3.8, 4) is 0 Å². The molecule has 0 spiro atoms. The number of aryl methyl sites for hydroxylation is 1. The maximum absolute atomic E-state index is 12.6. The molecule has 0 aliphatic carbocycles. The fourth-order valence-electron chi connectivity index (χ4n) is 2.19. The second kappa shape index (κ2) is 7.78. The number of aromatic nitrogens is 1. The van der Waals surface area contributed by atoms with E-state index in [-0.39, 0.29) is 17.2 Å². The molecule has 0 saturated carbocycles. The molecule has 2 amide bonds. The van der Waals surface area contributed by atoms with E-state index in [0.717, 1.165) is 17.1 Å². The lowest BCUT2D eigenvalue weighted by Crippen LogP contribution is -2.24. The van der Waals surface area contributed by atoms with Gasteiger partial charge >= 0.3 is 0 Å². The minimum Gasteiger partial charge on any atom is -0.352 e. The number of hydrogen-bond donors (Lipinski definition) is 2. The van der Waals surface area contributed by atoms with Crippen LogP contribution in [0.3, 0.4) is 0 Å². The quantitative estimate of drug-likeness (QED) is 0.843. The largest absolute Gasteiger partial charge is 0.352 e. The van der Waals surface area contributed by atoms with E-state index in [9.17, 15) is 9.59 Å². The van der Waals surface area contributed by atoms with Crippen LogP contribution in [0.5, 0.6) is 0 Å². The summed E-state index contributed by atoms with van der Waals surface area (Å²) in [5.41, 5.74) is 1.76. The molecule has 1 aromatic carbocycles. The minimum atomic E-state index is -0.198. The fourth-order valence-corrected chi connectivity index (χ4v) is 3.21. The maximum Gasteiger partial charge on any atom is 0.267 e. The van der Waals surface area contributed by atoms with Crippen LogP contribution in [-0.2, 0) is 5.41 Å². The molecule has 0 saturated heterocycles. The van der Waals surface area contributed by atoms with E-state index in [2.05, 4.69) is 36.4 Å². The summed E-state index contributed by atoms with van der Waals surface area (Å²) in [4.78, 5) is 29.8. The van der Waals surface area contributed by atoms with Crippen molar-refractivity contribution in [2.24, 2.45) is 0 Å². The number of benzene rings is 1. The SMILES string of the molecule is CCCNC(=O)c1cccc(NC(=O)c2sc(C(C)(C)C)nc2C)c1. The monoisotopic (exact) mass is 359 g/mol. The molecule has 0 atom stereocenters. The van der Waals surface area contributed by atoms with Crippen molar-refractivity contribution in [3.05, 3.63) is 45.4 Å². The van der Waals surface area contributed by atoms with E-state index >= 15 is 0 Å². The van der Waals surface area contributed by atoms with E-state index in [0.29, 0.717) is 22.7 Å². The van der Waals surface area contributed by atoms with Gasteiger partial charge in [0.2, 0.25) is 0 Å². The van der Waals surface area contributed by atoms with Crippen LogP contribution in [0.4, 0.5) is 5.69 Å². The zero-order chi connectivity index (χ0) is 18.6. The lowest BCUT2D eigenvalue weighted by atomic mass is 9.98. The smallest absolute Gasteiger partial charge is 0.267 e. The number of anilines is 1. The van der Waals surface area contributed by atoms with Crippen molar-refractivity contribution in [2.75, 3.05) is 11.9 Å². The van der Waals surface area contributed by atoms with Gasteiger partial charge in [-0.15, -0.1) is 11.3 Å². The van der Waals surface area contributed by atoms with Crippen LogP contribution >= 0.6 is 11.3 Å². The van der Waals surface area contributed by atoms with Crippen molar-refractivity contribution in [1.82, 2.24) is 10.3 Å². The van der Waals surface area contributed by atoms with Gasteiger partial charge in [-0.05, 0) is 31.5 Å². The number of nitrogens with one attached hydrogen (secondary N) is 2. The molecule has 0 unspecified atom stereocenters. The molecule has 1 heterocycles. The highest BCUT2D eigenvalue weighted by atomic mass is 32.1. The van der Waals surface area contributed by atoms with Crippen LogP contribution in [0, 0.1) is 6.92 Å². The zero-order valence-electron chi connectivity index (χ0n) is 15.4. The van der Waals surface area contributed by atoms with Crippen molar-refractivity contribution >= 4 is 28.8 Å². The lowest BCUT2D eigenvalue weighted by Gasteiger charge is -2.13. The number of thiazole rings is 1. The summed E-state index contributed by atoms with van der Waals surface area (Å²) in [7, 11) is 0. The first-order valence-corrected chi connectivity index (χ1v) is 9.21. The molecule has 5 nitrogen and oxygen atoms in total. The Hall–Kier alpha value is -2.21. The second-order valence-corrected chi connectivity index (χ2v) is 7.97. The van der Waals surface area contributed by atoms with Crippen molar-refractivity contribution in [3.63, 3.8) is 0 Å². The third-order valence-corrected chi connectivity index (χ3v) is 5.14. The second-order valence-electron chi connectivity index (χ2n) is 6.97. The predicted octanol–water partition coefficient (Wildman–Crippen LogP) is 4.14. The highest BCUT2D eigenvalue weighted by molar-refractivity contribution is 7.14. The average molecular weight is 359 g/mol. The summed E-state index contributed by atoms with van der Waals surface area (Å²) in [6.07, 6.45) is 0.878. The molecule has 0 aliphatic heterocycles. The van der Waals surface area contributed by atoms with Gasteiger partial charge in [0.25, 0.3) is 11.8 Å². The van der Waals surface area contributed by atoms with Crippen molar-refractivity contribution in [1.29, 1.82) is 0 Å². The molecular formula is C19H25N3O2S. The first-order chi connectivity index (χ1) is 11.7. The average Bonchev–Trinajstić information content (AvgIpc) is 2.95. The van der Waals surface area contributed by atoms with Gasteiger partial charge in [0, 0.05) is 23.2 Å². The van der Waals surface area contributed by atoms with Crippen LogP contribution in [0.25, 0.3) is 0 Å². The van der Waals surface area contributed by atoms with Crippen LogP contribution in [0.15, 0.2) is 24.3 Å². The maximum atomic E-state index is 12.6. The highest BCUT2D eigenvalue weighted by Gasteiger charge is 2.23. The van der Waals surface area contributed by atoms with E-state index < -0.39 is 0 Å². The van der Waals surface area contributed by atoms with Gasteiger partial charge in [0.1, 0.15) is 4.88 Å². The summed E-state index contributed by atoms with van der Waals surface area (Å²) in [6.45, 7) is 10.7. The Morgan fingerprint density at radius 2 is 1.92 bits per heavy atom. The lowest BCUT2D eigenvalue weighted by molar-refractivity contribution is 0.0952. The van der Waals surface area contributed by atoms with Crippen LogP contribution in [0.1, 0.15) is 64.8 Å². The van der Waals surface area contributed by atoms with Crippen molar-refractivity contribution < 1.29 is 9.59 Å². The summed E-state index contributed by atoms with van der Waals surface area (Å²) in [6, 6.07) is 6.95. The number of nitrogens with zero attached hydrogens (tertiary/aromatic N) is 1. The summed E-state index contributed by atoms with van der Waals surface area (Å²) in [5.74, 6) is -0.335. The van der Waals surface area contributed by atoms with Gasteiger partial charge < -0.3 is 10.6 Å². The number of carbonyl (C=O) groups is 2. The molecule has 0 aliphatic rings. The Labute approximate surface area is 152 Å². The molecule has 1 aromatic heterocycles. The molecule has 2 N–H and O–H groups in total. The number of carbonyl (C=O) groups excluding carboxylic acids is 2. The minimum absolute atomic E-state index is 0.0920. The molecule has 0 fully saturated rings. The summed E-state index contributed by atoms with van der Waals surface area (Å²) in [5, 5.41) is 6.63. The molecule has 0 bridgehead atoms. The molecule has 25 heavy (non-hydrogen) atoms. The van der Waals surface area contributed by atoms with Gasteiger partial charge in [-0.3, -0.25) is 9.59 Å². The Kier molecular flexibility index (Phi) is 5.95. The highest BCUT2D eigenvalue weighted by Crippen LogP contribution is 2.29. The molecular weight excluding hydrogens is 334 g/mol. The molecule has 134 valence electrons. The number of rotatable bonds is 5. The van der Waals surface area contributed by atoms with Gasteiger partial charge in [-0.25, -0.2) is 4.98 Å². The summed E-state index contributed by atoms with van der Waals surface area (Å²) >= 11 is 1.41. The molecule has 0 radical (unpaired) electrons. The molecule has 2 aromatic rings. The van der Waals surface area contributed by atoms with Gasteiger partial charge in [-0.1, -0.05) is 33.8 Å². The van der Waals surface area contributed by atoms with Gasteiger partial charge in [-0.2, -0.15) is 0 Å². The first-order valence-electron chi connectivity index (χ1n) is 8.40. The van der Waals surface area contributed by atoms with Gasteiger partial charge in [0.05, 0.1) is 10.7 Å². The van der Waals surface area contributed by atoms with E-state index in [1.54, 1.807) is 24.3 Å². The normalized spacial score (nSPS) is 11.2. The van der Waals surface area contributed by atoms with Crippen molar-refractivity contribution in [2.45, 2.75) is 46.5 Å². The van der Waals surface area contributed by atoms with Crippen LogP contribution in [0.2, 0.25) is 0 Å². The fraction of sp³-hybridized carbons (Fsp3) is 0.421. The Balaban J connectivity index is 2.16. The topological polar surface area (TPSA) is 71.1 Å². The van der Waals surface area contributed by atoms with Crippen LogP contribution in [-0.4, -0.2) is 23.3 Å². The standard InChI is InChI=1S/C19H25N3O2S/c1-6-10-20-16(23)13-8-7-9-14(11-13)22-17(24)15-12(2)21-18(25-15)19(3,4)5/h7-9,11H,6,10H2,1-5H3,(H,20,23)(H,22,24). The number of amides is 2. The summed E-state index contributed by atoms with van der Waals surface area (Å²) < 4.78 is 0. The van der Waals surface area contributed by atoms with E-state index in [4.69, 9.17) is 0 Å². The Bertz CT molecular complexity index is 775. The Morgan fingerprint density at radius 3 is 2.52 bits per heavy atom. The molecule has 2 rings (SSSR count). The third-order valence-electron chi connectivity index (χ3n) is 3.56. The van der Waals surface area contributed by atoms with E-state index in [1.165, 1.54) is 11.3 Å². The van der Waals surface area contributed by atoms with E-state index in [1.807, 2.05) is 13.8 Å². The first kappa shape index (κ1) is 19.1. The number of hydrogen-bond acceptors (Lipinski definition) is 4. The zero-order valence-corrected chi connectivity index (χ0v) is 16.2. The third kappa shape index (κ3) is 4.89. The van der Waals surface area contributed by atoms with Gasteiger partial charge in [0.15, 0.2) is 0 Å². The molecule has 6 heteroatoms.